The predicted molar refractivity (Wildman–Crippen MR) is 73.7 cm³/mol. The molecule has 2 rings (SSSR count). The van der Waals surface area contributed by atoms with Gasteiger partial charge in [0.05, 0.1) is 0 Å². The molecule has 0 unspecified atom stereocenters. The molecule has 0 spiro atoms. The van der Waals surface area contributed by atoms with Crippen LogP contribution in [0.15, 0.2) is 34.9 Å². The summed E-state index contributed by atoms with van der Waals surface area (Å²) in [5.41, 5.74) is 2.19. The summed E-state index contributed by atoms with van der Waals surface area (Å²) in [6.07, 6.45) is 1.72. The van der Waals surface area contributed by atoms with Crippen molar-refractivity contribution in [2.45, 2.75) is 6.92 Å². The van der Waals surface area contributed by atoms with Crippen molar-refractivity contribution >= 4 is 33.4 Å². The van der Waals surface area contributed by atoms with E-state index in [2.05, 4.69) is 42.6 Å². The second-order valence-corrected chi connectivity index (χ2v) is 4.52. The Balaban J connectivity index is 2.25. The topological polar surface area (TPSA) is 49.8 Å². The second-order valence-electron chi connectivity index (χ2n) is 3.60. The van der Waals surface area contributed by atoms with Crippen LogP contribution >= 0.6 is 15.9 Å². The number of halogens is 1. The number of hydrogen-bond donors (Lipinski definition) is 2. The molecule has 88 valence electrons. The number of aryl methyl sites for hydroxylation is 1. The molecule has 5 heteroatoms. The highest BCUT2D eigenvalue weighted by molar-refractivity contribution is 9.10. The van der Waals surface area contributed by atoms with Gasteiger partial charge in [-0.1, -0.05) is 15.9 Å². The van der Waals surface area contributed by atoms with Gasteiger partial charge in [-0.2, -0.15) is 4.98 Å². The monoisotopic (exact) mass is 292 g/mol. The predicted octanol–water partition coefficient (Wildman–Crippen LogP) is 3.33. The quantitative estimate of drug-likeness (QED) is 0.911. The Labute approximate surface area is 109 Å². The maximum absolute atomic E-state index is 4.31. The molecule has 2 aromatic rings. The molecule has 0 fully saturated rings. The number of nitrogens with one attached hydrogen (secondary N) is 2. The van der Waals surface area contributed by atoms with E-state index < -0.39 is 0 Å². The summed E-state index contributed by atoms with van der Waals surface area (Å²) in [7, 11) is 1.80. The van der Waals surface area contributed by atoms with E-state index in [1.807, 2.05) is 25.1 Å². The van der Waals surface area contributed by atoms with E-state index in [1.165, 1.54) is 0 Å². The largest absolute Gasteiger partial charge is 0.357 e. The molecule has 17 heavy (non-hydrogen) atoms. The highest BCUT2D eigenvalue weighted by atomic mass is 79.9. The van der Waals surface area contributed by atoms with Crippen molar-refractivity contribution in [3.8, 4) is 0 Å². The van der Waals surface area contributed by atoms with Crippen LogP contribution in [0.1, 0.15) is 5.56 Å². The number of aromatic nitrogens is 2. The Morgan fingerprint density at radius 2 is 2.06 bits per heavy atom. The van der Waals surface area contributed by atoms with Gasteiger partial charge in [0.15, 0.2) is 0 Å². The summed E-state index contributed by atoms with van der Waals surface area (Å²) in [5, 5.41) is 6.17. The molecular weight excluding hydrogens is 280 g/mol. The highest BCUT2D eigenvalue weighted by Crippen LogP contribution is 2.22. The van der Waals surface area contributed by atoms with Crippen LogP contribution in [0.3, 0.4) is 0 Å². The molecule has 0 bridgehead atoms. The maximum atomic E-state index is 4.31. The van der Waals surface area contributed by atoms with E-state index >= 15 is 0 Å². The van der Waals surface area contributed by atoms with Crippen LogP contribution in [0.25, 0.3) is 0 Å². The van der Waals surface area contributed by atoms with E-state index in [0.29, 0.717) is 5.95 Å². The number of nitrogens with zero attached hydrogens (tertiary/aromatic N) is 2. The van der Waals surface area contributed by atoms with Crippen molar-refractivity contribution in [3.05, 3.63) is 40.5 Å². The Morgan fingerprint density at radius 3 is 2.76 bits per heavy atom. The summed E-state index contributed by atoms with van der Waals surface area (Å²) < 4.78 is 1.07. The van der Waals surface area contributed by atoms with Crippen LogP contribution in [0.2, 0.25) is 0 Å². The molecule has 0 amide bonds. The summed E-state index contributed by atoms with van der Waals surface area (Å²) in [5.74, 6) is 1.37. The normalized spacial score (nSPS) is 10.1. The molecule has 0 aliphatic heterocycles. The van der Waals surface area contributed by atoms with Gasteiger partial charge in [-0.3, -0.25) is 0 Å². The average Bonchev–Trinajstić information content (AvgIpc) is 2.33. The van der Waals surface area contributed by atoms with Crippen molar-refractivity contribution in [3.63, 3.8) is 0 Å². The lowest BCUT2D eigenvalue weighted by molar-refractivity contribution is 1.15. The standard InChI is InChI=1S/C12H13BrN4/c1-8-7-9(13)3-4-10(8)16-11-5-6-15-12(14-2)17-11/h3-7H,1-2H3,(H2,14,15,16,17). The fourth-order valence-corrected chi connectivity index (χ4v) is 1.93. The van der Waals surface area contributed by atoms with Gasteiger partial charge in [0.1, 0.15) is 5.82 Å². The van der Waals surface area contributed by atoms with Gasteiger partial charge in [-0.15, -0.1) is 0 Å². The lowest BCUT2D eigenvalue weighted by Crippen LogP contribution is -2.00. The van der Waals surface area contributed by atoms with Crippen LogP contribution in [-0.4, -0.2) is 17.0 Å². The maximum Gasteiger partial charge on any atom is 0.224 e. The Bertz CT molecular complexity index is 528. The number of hydrogen-bond acceptors (Lipinski definition) is 4. The van der Waals surface area contributed by atoms with Crippen molar-refractivity contribution in [2.75, 3.05) is 17.7 Å². The third-order valence-corrected chi connectivity index (χ3v) is 2.82. The first-order valence-electron chi connectivity index (χ1n) is 5.23. The third-order valence-electron chi connectivity index (χ3n) is 2.33. The lowest BCUT2D eigenvalue weighted by Gasteiger charge is -2.09. The van der Waals surface area contributed by atoms with E-state index in [0.717, 1.165) is 21.5 Å². The summed E-state index contributed by atoms with van der Waals surface area (Å²) in [6.45, 7) is 2.05. The Kier molecular flexibility index (Phi) is 3.58. The third kappa shape index (κ3) is 2.94. The van der Waals surface area contributed by atoms with Gasteiger partial charge in [0.25, 0.3) is 0 Å². The zero-order valence-electron chi connectivity index (χ0n) is 9.66. The van der Waals surface area contributed by atoms with Crippen LogP contribution in [0.5, 0.6) is 0 Å². The Hall–Kier alpha value is -1.62. The van der Waals surface area contributed by atoms with Crippen molar-refractivity contribution in [2.24, 2.45) is 0 Å². The number of benzene rings is 1. The van der Waals surface area contributed by atoms with Gasteiger partial charge < -0.3 is 10.6 Å². The minimum absolute atomic E-state index is 0.602. The van der Waals surface area contributed by atoms with Gasteiger partial charge in [0, 0.05) is 23.4 Å². The first-order valence-corrected chi connectivity index (χ1v) is 6.02. The zero-order chi connectivity index (χ0) is 12.3. The second kappa shape index (κ2) is 5.14. The van der Waals surface area contributed by atoms with E-state index in [-0.39, 0.29) is 0 Å². The minimum atomic E-state index is 0.602. The van der Waals surface area contributed by atoms with Gasteiger partial charge >= 0.3 is 0 Å². The zero-order valence-corrected chi connectivity index (χ0v) is 11.2. The van der Waals surface area contributed by atoms with Gasteiger partial charge in [-0.05, 0) is 36.8 Å². The van der Waals surface area contributed by atoms with Crippen LogP contribution in [0, 0.1) is 6.92 Å². The molecule has 1 heterocycles. The molecule has 0 saturated heterocycles. The molecule has 0 saturated carbocycles. The summed E-state index contributed by atoms with van der Waals surface area (Å²) in [6, 6.07) is 7.90. The minimum Gasteiger partial charge on any atom is -0.357 e. The highest BCUT2D eigenvalue weighted by Gasteiger charge is 2.01. The first-order chi connectivity index (χ1) is 8.19. The molecule has 0 aliphatic rings. The molecule has 1 aromatic carbocycles. The van der Waals surface area contributed by atoms with Crippen molar-refractivity contribution in [1.82, 2.24) is 9.97 Å². The van der Waals surface area contributed by atoms with Crippen molar-refractivity contribution < 1.29 is 0 Å². The van der Waals surface area contributed by atoms with E-state index in [1.54, 1.807) is 13.2 Å². The summed E-state index contributed by atoms with van der Waals surface area (Å²) in [4.78, 5) is 8.37. The molecule has 0 radical (unpaired) electrons. The van der Waals surface area contributed by atoms with E-state index in [4.69, 9.17) is 0 Å². The first kappa shape index (κ1) is 11.9. The molecule has 1 aromatic heterocycles. The fourth-order valence-electron chi connectivity index (χ4n) is 1.45. The Morgan fingerprint density at radius 1 is 1.24 bits per heavy atom. The number of anilines is 3. The van der Waals surface area contributed by atoms with Crippen molar-refractivity contribution in [1.29, 1.82) is 0 Å². The lowest BCUT2D eigenvalue weighted by atomic mass is 10.2. The smallest absolute Gasteiger partial charge is 0.224 e. The van der Waals surface area contributed by atoms with Gasteiger partial charge in [-0.25, -0.2) is 4.98 Å². The van der Waals surface area contributed by atoms with Crippen LogP contribution < -0.4 is 10.6 Å². The average molecular weight is 293 g/mol. The molecule has 4 nitrogen and oxygen atoms in total. The molecule has 2 N–H and O–H groups in total. The molecule has 0 aliphatic carbocycles. The summed E-state index contributed by atoms with van der Waals surface area (Å²) >= 11 is 3.44. The van der Waals surface area contributed by atoms with Gasteiger partial charge in [0.2, 0.25) is 5.95 Å². The molecule has 0 atom stereocenters. The molecular formula is C12H13BrN4. The van der Waals surface area contributed by atoms with E-state index in [9.17, 15) is 0 Å². The fraction of sp³-hybridized carbons (Fsp3) is 0.167. The van der Waals surface area contributed by atoms with Crippen LogP contribution in [0.4, 0.5) is 17.5 Å². The van der Waals surface area contributed by atoms with Crippen LogP contribution in [-0.2, 0) is 0 Å². The number of rotatable bonds is 3. The SMILES string of the molecule is CNc1nccc(Nc2ccc(Br)cc2C)n1.